The number of nitrogens with zero attached hydrogens (tertiary/aromatic N) is 4. The molecule has 0 spiro atoms. The fourth-order valence-electron chi connectivity index (χ4n) is 1.70. The van der Waals surface area contributed by atoms with E-state index in [0.717, 1.165) is 5.69 Å². The van der Waals surface area contributed by atoms with Crippen molar-refractivity contribution in [1.82, 2.24) is 25.5 Å². The van der Waals surface area contributed by atoms with Gasteiger partial charge in [0.2, 0.25) is 0 Å². The molecule has 0 aliphatic carbocycles. The van der Waals surface area contributed by atoms with Gasteiger partial charge in [-0.25, -0.2) is 0 Å². The first kappa shape index (κ1) is 13.6. The summed E-state index contributed by atoms with van der Waals surface area (Å²) in [5, 5.41) is 23.9. The number of aromatic nitrogens is 4. The highest BCUT2D eigenvalue weighted by Crippen LogP contribution is 2.06. The summed E-state index contributed by atoms with van der Waals surface area (Å²) < 4.78 is 6.66. The molecule has 1 aromatic heterocycles. The number of methoxy groups -OCH3 is 1. The van der Waals surface area contributed by atoms with Gasteiger partial charge >= 0.3 is 0 Å². The van der Waals surface area contributed by atoms with Crippen LogP contribution in [0.3, 0.4) is 0 Å². The van der Waals surface area contributed by atoms with E-state index in [-0.39, 0.29) is 12.6 Å². The highest BCUT2D eigenvalue weighted by Gasteiger charge is 2.11. The smallest absolute Gasteiger partial charge is 0.170 e. The summed E-state index contributed by atoms with van der Waals surface area (Å²) in [6, 6.07) is 9.51. The van der Waals surface area contributed by atoms with Gasteiger partial charge in [0, 0.05) is 7.11 Å². The molecule has 0 fully saturated rings. The summed E-state index contributed by atoms with van der Waals surface area (Å²) in [6.45, 7) is 0.890. The average molecular weight is 263 g/mol. The Morgan fingerprint density at radius 3 is 2.84 bits per heavy atom. The Labute approximate surface area is 111 Å². The monoisotopic (exact) mass is 263 g/mol. The minimum atomic E-state index is -0.133. The van der Waals surface area contributed by atoms with Crippen LogP contribution in [0.2, 0.25) is 0 Å². The number of nitrogens with one attached hydrogen (secondary N) is 1. The molecular formula is C12H17N5O2. The van der Waals surface area contributed by atoms with E-state index >= 15 is 0 Å². The Morgan fingerprint density at radius 1 is 1.37 bits per heavy atom. The first-order chi connectivity index (χ1) is 9.35. The third-order valence-corrected chi connectivity index (χ3v) is 2.67. The molecular weight excluding hydrogens is 246 g/mol. The van der Waals surface area contributed by atoms with Crippen LogP contribution < -0.4 is 5.32 Å². The molecule has 2 rings (SSSR count). The van der Waals surface area contributed by atoms with Crippen molar-refractivity contribution in [3.8, 4) is 5.69 Å². The van der Waals surface area contributed by atoms with E-state index in [1.807, 2.05) is 30.3 Å². The number of aliphatic hydroxyl groups is 1. The highest BCUT2D eigenvalue weighted by atomic mass is 16.5. The van der Waals surface area contributed by atoms with Gasteiger partial charge in [0.1, 0.15) is 0 Å². The fourth-order valence-corrected chi connectivity index (χ4v) is 1.70. The molecule has 19 heavy (non-hydrogen) atoms. The van der Waals surface area contributed by atoms with Crippen LogP contribution in [0.1, 0.15) is 5.82 Å². The Bertz CT molecular complexity index is 488. The van der Waals surface area contributed by atoms with Crippen molar-refractivity contribution in [2.45, 2.75) is 12.6 Å². The molecule has 2 aromatic rings. The number of tetrazole rings is 1. The van der Waals surface area contributed by atoms with Gasteiger partial charge in [-0.2, -0.15) is 4.68 Å². The summed E-state index contributed by atoms with van der Waals surface area (Å²) in [7, 11) is 1.60. The lowest BCUT2D eigenvalue weighted by Gasteiger charge is -2.14. The molecule has 1 heterocycles. The molecule has 7 heteroatoms. The maximum atomic E-state index is 9.17. The van der Waals surface area contributed by atoms with Crippen LogP contribution >= 0.6 is 0 Å². The molecule has 1 aromatic carbocycles. The van der Waals surface area contributed by atoms with Gasteiger partial charge in [-0.1, -0.05) is 18.2 Å². The molecule has 1 atom stereocenters. The number of benzene rings is 1. The van der Waals surface area contributed by atoms with Gasteiger partial charge in [0.05, 0.1) is 31.5 Å². The maximum Gasteiger partial charge on any atom is 0.170 e. The highest BCUT2D eigenvalue weighted by molar-refractivity contribution is 5.30. The number of aliphatic hydroxyl groups excluding tert-OH is 1. The molecule has 0 saturated heterocycles. The summed E-state index contributed by atoms with van der Waals surface area (Å²) in [6.07, 6.45) is 0. The molecule has 7 nitrogen and oxygen atoms in total. The van der Waals surface area contributed by atoms with Crippen molar-refractivity contribution >= 4 is 0 Å². The zero-order chi connectivity index (χ0) is 13.5. The number of hydrogen-bond acceptors (Lipinski definition) is 6. The quantitative estimate of drug-likeness (QED) is 0.717. The molecule has 2 N–H and O–H groups in total. The van der Waals surface area contributed by atoms with E-state index in [1.165, 1.54) is 0 Å². The molecule has 0 aliphatic rings. The van der Waals surface area contributed by atoms with E-state index < -0.39 is 0 Å². The van der Waals surface area contributed by atoms with E-state index in [4.69, 9.17) is 4.74 Å². The molecule has 1 unspecified atom stereocenters. The molecule has 102 valence electrons. The van der Waals surface area contributed by atoms with Crippen LogP contribution in [0.15, 0.2) is 30.3 Å². The lowest BCUT2D eigenvalue weighted by molar-refractivity contribution is 0.127. The summed E-state index contributed by atoms with van der Waals surface area (Å²) in [5.41, 5.74) is 0.900. The largest absolute Gasteiger partial charge is 0.395 e. The minimum absolute atomic E-state index is 0.000737. The fraction of sp³-hybridized carbons (Fsp3) is 0.417. The summed E-state index contributed by atoms with van der Waals surface area (Å²) >= 11 is 0. The van der Waals surface area contributed by atoms with E-state index in [0.29, 0.717) is 19.0 Å². The Balaban J connectivity index is 2.04. The number of rotatable bonds is 7. The van der Waals surface area contributed by atoms with Crippen molar-refractivity contribution in [2.24, 2.45) is 0 Å². The number of para-hydroxylation sites is 1. The third kappa shape index (κ3) is 3.57. The molecule has 0 radical (unpaired) electrons. The topological polar surface area (TPSA) is 85.1 Å². The standard InChI is InChI=1S/C12H17N5O2/c1-19-9-10(8-18)13-7-12-14-15-16-17(12)11-5-3-2-4-6-11/h2-6,10,13,18H,7-9H2,1H3. The van der Waals surface area contributed by atoms with Crippen molar-refractivity contribution in [1.29, 1.82) is 0 Å². The van der Waals surface area contributed by atoms with Crippen LogP contribution in [0.25, 0.3) is 5.69 Å². The van der Waals surface area contributed by atoms with E-state index in [9.17, 15) is 5.11 Å². The Hall–Kier alpha value is -1.83. The predicted molar refractivity (Wildman–Crippen MR) is 68.7 cm³/mol. The first-order valence-corrected chi connectivity index (χ1v) is 6.01. The lowest BCUT2D eigenvalue weighted by Crippen LogP contribution is -2.36. The van der Waals surface area contributed by atoms with Crippen molar-refractivity contribution in [3.05, 3.63) is 36.2 Å². The van der Waals surface area contributed by atoms with Crippen molar-refractivity contribution in [3.63, 3.8) is 0 Å². The van der Waals surface area contributed by atoms with Crippen LogP contribution in [0.4, 0.5) is 0 Å². The van der Waals surface area contributed by atoms with Crippen LogP contribution in [0.5, 0.6) is 0 Å². The Morgan fingerprint density at radius 2 is 2.16 bits per heavy atom. The first-order valence-electron chi connectivity index (χ1n) is 6.01. The van der Waals surface area contributed by atoms with Gasteiger partial charge in [0.25, 0.3) is 0 Å². The maximum absolute atomic E-state index is 9.17. The summed E-state index contributed by atoms with van der Waals surface area (Å²) in [5.74, 6) is 0.681. The zero-order valence-electron chi connectivity index (χ0n) is 10.7. The molecule has 0 amide bonds. The normalized spacial score (nSPS) is 12.5. The second-order valence-corrected chi connectivity index (χ2v) is 4.06. The van der Waals surface area contributed by atoms with Crippen molar-refractivity contribution < 1.29 is 9.84 Å². The Kier molecular flexibility index (Phi) is 4.96. The predicted octanol–water partition coefficient (Wildman–Crippen LogP) is -0.241. The van der Waals surface area contributed by atoms with Gasteiger partial charge in [-0.05, 0) is 22.6 Å². The van der Waals surface area contributed by atoms with Gasteiger partial charge < -0.3 is 15.2 Å². The van der Waals surface area contributed by atoms with Crippen molar-refractivity contribution in [2.75, 3.05) is 20.3 Å². The minimum Gasteiger partial charge on any atom is -0.395 e. The van der Waals surface area contributed by atoms with Gasteiger partial charge in [-0.15, -0.1) is 5.10 Å². The second-order valence-electron chi connectivity index (χ2n) is 4.06. The lowest BCUT2D eigenvalue weighted by atomic mass is 10.3. The number of hydrogen-bond donors (Lipinski definition) is 2. The van der Waals surface area contributed by atoms with Crippen LogP contribution in [-0.4, -0.2) is 51.7 Å². The third-order valence-electron chi connectivity index (χ3n) is 2.67. The zero-order valence-corrected chi connectivity index (χ0v) is 10.7. The number of ether oxygens (including phenoxy) is 1. The molecule has 0 bridgehead atoms. The SMILES string of the molecule is COCC(CO)NCc1nnnn1-c1ccccc1. The average Bonchev–Trinajstić information content (AvgIpc) is 2.93. The second kappa shape index (κ2) is 6.93. The van der Waals surface area contributed by atoms with Gasteiger partial charge in [-0.3, -0.25) is 0 Å². The summed E-state index contributed by atoms with van der Waals surface area (Å²) in [4.78, 5) is 0. The molecule has 0 aliphatic heterocycles. The van der Waals surface area contributed by atoms with Gasteiger partial charge in [0.15, 0.2) is 5.82 Å². The van der Waals surface area contributed by atoms with Crippen LogP contribution in [0, 0.1) is 0 Å². The van der Waals surface area contributed by atoms with Crippen LogP contribution in [-0.2, 0) is 11.3 Å². The van der Waals surface area contributed by atoms with E-state index in [2.05, 4.69) is 20.8 Å². The molecule has 0 saturated carbocycles. The van der Waals surface area contributed by atoms with E-state index in [1.54, 1.807) is 11.8 Å².